The van der Waals surface area contributed by atoms with Gasteiger partial charge in [-0.15, -0.1) is 11.3 Å². The maximum absolute atomic E-state index is 10.5. The molecule has 4 heteroatoms. The molecule has 1 saturated heterocycles. The first-order valence-corrected chi connectivity index (χ1v) is 8.95. The van der Waals surface area contributed by atoms with E-state index in [1.807, 2.05) is 36.4 Å². The second-order valence-corrected chi connectivity index (χ2v) is 7.16. The first kappa shape index (κ1) is 14.8. The van der Waals surface area contributed by atoms with Gasteiger partial charge in [-0.3, -0.25) is 4.90 Å². The van der Waals surface area contributed by atoms with Crippen molar-refractivity contribution < 1.29 is 5.11 Å². The number of aliphatic hydroxyl groups excluding tert-OH is 1. The normalized spacial score (nSPS) is 20.1. The van der Waals surface area contributed by atoms with Gasteiger partial charge in [-0.25, -0.2) is 4.98 Å². The van der Waals surface area contributed by atoms with Crippen LogP contribution in [-0.2, 0) is 0 Å². The van der Waals surface area contributed by atoms with Gasteiger partial charge in [-0.2, -0.15) is 0 Å². The van der Waals surface area contributed by atoms with Crippen molar-refractivity contribution in [1.29, 1.82) is 0 Å². The molecule has 2 aromatic carbocycles. The Morgan fingerprint density at radius 3 is 2.74 bits per heavy atom. The van der Waals surface area contributed by atoms with Crippen LogP contribution in [0.5, 0.6) is 0 Å². The van der Waals surface area contributed by atoms with Crippen LogP contribution in [0.3, 0.4) is 0 Å². The van der Waals surface area contributed by atoms with E-state index in [0.717, 1.165) is 24.0 Å². The average molecular weight is 324 g/mol. The molecule has 3 nitrogen and oxygen atoms in total. The van der Waals surface area contributed by atoms with Crippen LogP contribution >= 0.6 is 11.3 Å². The van der Waals surface area contributed by atoms with Crippen LogP contribution in [0, 0.1) is 0 Å². The molecule has 1 aliphatic rings. The summed E-state index contributed by atoms with van der Waals surface area (Å²) in [5, 5.41) is 11.7. The van der Waals surface area contributed by atoms with Gasteiger partial charge >= 0.3 is 0 Å². The number of thiazole rings is 1. The van der Waals surface area contributed by atoms with Crippen LogP contribution in [0.25, 0.3) is 10.2 Å². The van der Waals surface area contributed by atoms with Gasteiger partial charge in [0.05, 0.1) is 22.4 Å². The summed E-state index contributed by atoms with van der Waals surface area (Å²) in [5.74, 6) is 0. The van der Waals surface area contributed by atoms with Gasteiger partial charge < -0.3 is 5.11 Å². The number of aliphatic hydroxyl groups is 1. The minimum atomic E-state index is -0.439. The number of likely N-dealkylation sites (tertiary alicyclic amines) is 1. The second-order valence-electron chi connectivity index (χ2n) is 6.10. The quantitative estimate of drug-likeness (QED) is 0.782. The maximum atomic E-state index is 10.5. The van der Waals surface area contributed by atoms with Gasteiger partial charge in [0, 0.05) is 6.54 Å². The van der Waals surface area contributed by atoms with Crippen LogP contribution in [0.15, 0.2) is 54.6 Å². The zero-order valence-corrected chi connectivity index (χ0v) is 13.7. The minimum Gasteiger partial charge on any atom is -0.387 e. The van der Waals surface area contributed by atoms with Crippen molar-refractivity contribution in [2.75, 3.05) is 13.1 Å². The molecule has 1 aliphatic heterocycles. The van der Waals surface area contributed by atoms with Gasteiger partial charge in [0.1, 0.15) is 5.01 Å². The number of hydrogen-bond acceptors (Lipinski definition) is 4. The lowest BCUT2D eigenvalue weighted by molar-refractivity contribution is 0.106. The van der Waals surface area contributed by atoms with E-state index in [-0.39, 0.29) is 0 Å². The monoisotopic (exact) mass is 324 g/mol. The fraction of sp³-hybridized carbons (Fsp3) is 0.316. The van der Waals surface area contributed by atoms with Crippen molar-refractivity contribution >= 4 is 21.6 Å². The van der Waals surface area contributed by atoms with Crippen molar-refractivity contribution in [2.45, 2.75) is 25.0 Å². The summed E-state index contributed by atoms with van der Waals surface area (Å²) in [6.45, 7) is 1.70. The number of para-hydroxylation sites is 1. The Bertz CT molecular complexity index is 753. The Hall–Kier alpha value is -1.75. The maximum Gasteiger partial charge on any atom is 0.111 e. The van der Waals surface area contributed by atoms with E-state index in [2.05, 4.69) is 23.1 Å². The summed E-state index contributed by atoms with van der Waals surface area (Å²) >= 11 is 1.79. The average Bonchev–Trinajstić information content (AvgIpc) is 3.21. The van der Waals surface area contributed by atoms with E-state index < -0.39 is 6.10 Å². The second kappa shape index (κ2) is 6.40. The molecular formula is C19H20N2OS. The van der Waals surface area contributed by atoms with E-state index in [9.17, 15) is 5.11 Å². The highest BCUT2D eigenvalue weighted by molar-refractivity contribution is 7.18. The summed E-state index contributed by atoms with van der Waals surface area (Å²) in [4.78, 5) is 7.20. The number of benzene rings is 2. The largest absolute Gasteiger partial charge is 0.387 e. The van der Waals surface area contributed by atoms with Crippen molar-refractivity contribution in [1.82, 2.24) is 9.88 Å². The molecular weight excluding hydrogens is 304 g/mol. The standard InChI is InChI=1S/C19H20N2OS/c22-17(14-7-2-1-3-8-14)13-21-12-6-10-16(21)19-20-15-9-4-5-11-18(15)23-19/h1-5,7-9,11,16-17,22H,6,10,12-13H2/t16-,17+/m1/s1. The summed E-state index contributed by atoms with van der Waals surface area (Å²) in [6.07, 6.45) is 1.86. The van der Waals surface area contributed by atoms with Gasteiger partial charge in [-0.05, 0) is 37.1 Å². The number of nitrogens with zero attached hydrogens (tertiary/aromatic N) is 2. The lowest BCUT2D eigenvalue weighted by atomic mass is 10.1. The Balaban J connectivity index is 1.54. The highest BCUT2D eigenvalue weighted by atomic mass is 32.1. The van der Waals surface area contributed by atoms with E-state index >= 15 is 0 Å². The fourth-order valence-corrected chi connectivity index (χ4v) is 4.50. The molecule has 0 aliphatic carbocycles. The topological polar surface area (TPSA) is 36.4 Å². The smallest absolute Gasteiger partial charge is 0.111 e. The molecule has 1 aromatic heterocycles. The molecule has 1 fully saturated rings. The van der Waals surface area contributed by atoms with E-state index in [0.29, 0.717) is 12.6 Å². The number of β-amino-alcohol motifs (C(OH)–C–C–N with tert-alkyl or cyclic N) is 1. The van der Waals surface area contributed by atoms with Crippen molar-refractivity contribution in [2.24, 2.45) is 0 Å². The van der Waals surface area contributed by atoms with Crippen LogP contribution in [0.1, 0.15) is 35.6 Å². The van der Waals surface area contributed by atoms with E-state index in [1.165, 1.54) is 16.1 Å². The van der Waals surface area contributed by atoms with E-state index in [4.69, 9.17) is 4.98 Å². The molecule has 1 N–H and O–H groups in total. The number of hydrogen-bond donors (Lipinski definition) is 1. The third-order valence-electron chi connectivity index (χ3n) is 4.55. The summed E-state index contributed by atoms with van der Waals surface area (Å²) in [5.41, 5.74) is 2.07. The SMILES string of the molecule is O[C@@H](CN1CCC[C@@H]1c1nc2ccccc2s1)c1ccccc1. The highest BCUT2D eigenvalue weighted by Gasteiger charge is 2.30. The number of aromatic nitrogens is 1. The third-order valence-corrected chi connectivity index (χ3v) is 5.69. The first-order chi connectivity index (χ1) is 11.3. The molecule has 0 radical (unpaired) electrons. The zero-order chi connectivity index (χ0) is 15.6. The van der Waals surface area contributed by atoms with Crippen molar-refractivity contribution in [3.8, 4) is 0 Å². The minimum absolute atomic E-state index is 0.339. The van der Waals surface area contributed by atoms with Crippen LogP contribution in [0.4, 0.5) is 0 Å². The molecule has 0 unspecified atom stereocenters. The lowest BCUT2D eigenvalue weighted by Crippen LogP contribution is -2.28. The van der Waals surface area contributed by atoms with Gasteiger partial charge in [0.2, 0.25) is 0 Å². The molecule has 0 saturated carbocycles. The van der Waals surface area contributed by atoms with Gasteiger partial charge in [0.25, 0.3) is 0 Å². The molecule has 0 bridgehead atoms. The van der Waals surface area contributed by atoms with Crippen LogP contribution in [-0.4, -0.2) is 28.1 Å². The Labute approximate surface area is 140 Å². The molecule has 23 heavy (non-hydrogen) atoms. The van der Waals surface area contributed by atoms with Crippen LogP contribution < -0.4 is 0 Å². The molecule has 2 heterocycles. The summed E-state index contributed by atoms with van der Waals surface area (Å²) in [7, 11) is 0. The molecule has 2 atom stereocenters. The van der Waals surface area contributed by atoms with Crippen molar-refractivity contribution in [3.05, 3.63) is 65.2 Å². The zero-order valence-electron chi connectivity index (χ0n) is 12.9. The first-order valence-electron chi connectivity index (χ1n) is 8.14. The Kier molecular flexibility index (Phi) is 4.12. The van der Waals surface area contributed by atoms with Crippen molar-refractivity contribution in [3.63, 3.8) is 0 Å². The number of rotatable bonds is 4. The molecule has 118 valence electrons. The van der Waals surface area contributed by atoms with Crippen LogP contribution in [0.2, 0.25) is 0 Å². The summed E-state index contributed by atoms with van der Waals surface area (Å²) in [6, 6.07) is 18.6. The predicted octanol–water partition coefficient (Wildman–Crippen LogP) is 4.17. The molecule has 3 aromatic rings. The van der Waals surface area contributed by atoms with E-state index in [1.54, 1.807) is 11.3 Å². The fourth-order valence-electron chi connectivity index (χ4n) is 3.36. The van der Waals surface area contributed by atoms with Gasteiger partial charge in [0.15, 0.2) is 0 Å². The highest BCUT2D eigenvalue weighted by Crippen LogP contribution is 2.37. The summed E-state index contributed by atoms with van der Waals surface area (Å²) < 4.78 is 1.25. The third kappa shape index (κ3) is 3.02. The molecule has 4 rings (SSSR count). The molecule has 0 amide bonds. The lowest BCUT2D eigenvalue weighted by Gasteiger charge is -2.25. The Morgan fingerprint density at radius 1 is 1.13 bits per heavy atom. The molecule has 0 spiro atoms. The Morgan fingerprint density at radius 2 is 1.91 bits per heavy atom. The predicted molar refractivity (Wildman–Crippen MR) is 94.6 cm³/mol. The number of fused-ring (bicyclic) bond motifs is 1. The van der Waals surface area contributed by atoms with Gasteiger partial charge in [-0.1, -0.05) is 42.5 Å².